The van der Waals surface area contributed by atoms with Crippen molar-refractivity contribution in [1.82, 2.24) is 0 Å². The van der Waals surface area contributed by atoms with Gasteiger partial charge in [-0.3, -0.25) is 4.79 Å². The number of nitrogens with two attached hydrogens (primary N) is 1. The average molecular weight is 293 g/mol. The monoisotopic (exact) mass is 293 g/mol. The molecule has 5 nitrogen and oxygen atoms in total. The Morgan fingerprint density at radius 2 is 2.05 bits per heavy atom. The molecule has 0 aliphatic heterocycles. The molecule has 1 unspecified atom stereocenters. The van der Waals surface area contributed by atoms with E-state index in [1.807, 2.05) is 6.92 Å². The van der Waals surface area contributed by atoms with Crippen LogP contribution >= 0.6 is 0 Å². The Balaban J connectivity index is 2.56. The zero-order valence-corrected chi connectivity index (χ0v) is 12.9. The van der Waals surface area contributed by atoms with E-state index in [1.165, 1.54) is 0 Å². The van der Waals surface area contributed by atoms with Crippen LogP contribution in [-0.4, -0.2) is 32.7 Å². The molecule has 1 aliphatic rings. The van der Waals surface area contributed by atoms with E-state index < -0.39 is 0 Å². The average Bonchev–Trinajstić information content (AvgIpc) is 2.62. The number of ether oxygens (including phenoxy) is 3. The first-order valence-electron chi connectivity index (χ1n) is 7.31. The molecule has 1 aromatic rings. The van der Waals surface area contributed by atoms with Gasteiger partial charge < -0.3 is 19.9 Å². The number of rotatable bonds is 5. The molecule has 0 heterocycles. The molecule has 0 saturated carbocycles. The van der Waals surface area contributed by atoms with Crippen molar-refractivity contribution in [3.8, 4) is 17.2 Å². The number of hydrogen-bond acceptors (Lipinski definition) is 5. The van der Waals surface area contributed by atoms with E-state index in [0.717, 1.165) is 18.4 Å². The summed E-state index contributed by atoms with van der Waals surface area (Å²) in [5, 5.41) is 0. The summed E-state index contributed by atoms with van der Waals surface area (Å²) in [6, 6.07) is 1.64. The topological polar surface area (TPSA) is 70.8 Å². The predicted octanol–water partition coefficient (Wildman–Crippen LogP) is 2.34. The molecule has 2 N–H and O–H groups in total. The smallest absolute Gasteiger partial charge is 0.203 e. The molecule has 0 saturated heterocycles. The standard InChI is InChI=1S/C16H23NO4/c1-4-7-21-16-14(19-2)9-12-11(15(16)20-3)6-5-10(17)8-13(12)18/h9-10H,4-8,17H2,1-3H3. The molecule has 2 rings (SSSR count). The van der Waals surface area contributed by atoms with Crippen LogP contribution in [0.1, 0.15) is 42.1 Å². The van der Waals surface area contributed by atoms with Crippen LogP contribution in [-0.2, 0) is 6.42 Å². The van der Waals surface area contributed by atoms with Gasteiger partial charge >= 0.3 is 0 Å². The minimum absolute atomic E-state index is 0.0358. The maximum Gasteiger partial charge on any atom is 0.203 e. The van der Waals surface area contributed by atoms with Crippen LogP contribution in [0.5, 0.6) is 17.2 Å². The highest BCUT2D eigenvalue weighted by Crippen LogP contribution is 2.44. The van der Waals surface area contributed by atoms with Crippen molar-refractivity contribution in [2.75, 3.05) is 20.8 Å². The van der Waals surface area contributed by atoms with Gasteiger partial charge in [0.1, 0.15) is 0 Å². The fourth-order valence-corrected chi connectivity index (χ4v) is 2.64. The van der Waals surface area contributed by atoms with Crippen molar-refractivity contribution in [1.29, 1.82) is 0 Å². The highest BCUT2D eigenvalue weighted by molar-refractivity contribution is 6.00. The van der Waals surface area contributed by atoms with Crippen LogP contribution in [0.3, 0.4) is 0 Å². The first-order valence-corrected chi connectivity index (χ1v) is 7.31. The van der Waals surface area contributed by atoms with E-state index in [-0.39, 0.29) is 11.8 Å². The number of fused-ring (bicyclic) bond motifs is 1. The molecule has 5 heteroatoms. The van der Waals surface area contributed by atoms with E-state index >= 15 is 0 Å². The summed E-state index contributed by atoms with van der Waals surface area (Å²) in [4.78, 5) is 12.3. The number of methoxy groups -OCH3 is 2. The van der Waals surface area contributed by atoms with Crippen LogP contribution < -0.4 is 19.9 Å². The first-order chi connectivity index (χ1) is 10.1. The zero-order chi connectivity index (χ0) is 15.4. The number of carbonyl (C=O) groups excluding carboxylic acids is 1. The van der Waals surface area contributed by atoms with E-state index in [0.29, 0.717) is 42.3 Å². The van der Waals surface area contributed by atoms with Gasteiger partial charge in [-0.25, -0.2) is 0 Å². The quantitative estimate of drug-likeness (QED) is 0.844. The lowest BCUT2D eigenvalue weighted by atomic mass is 9.99. The van der Waals surface area contributed by atoms with Gasteiger partial charge in [0.25, 0.3) is 0 Å². The third-order valence-electron chi connectivity index (χ3n) is 3.69. The van der Waals surface area contributed by atoms with Crippen molar-refractivity contribution in [3.63, 3.8) is 0 Å². The second kappa shape index (κ2) is 6.80. The van der Waals surface area contributed by atoms with Gasteiger partial charge in [0.05, 0.1) is 20.8 Å². The highest BCUT2D eigenvalue weighted by atomic mass is 16.5. The van der Waals surface area contributed by atoms with E-state index in [4.69, 9.17) is 19.9 Å². The molecule has 0 spiro atoms. The first kappa shape index (κ1) is 15.6. The minimum Gasteiger partial charge on any atom is -0.493 e. The normalized spacial score (nSPS) is 17.9. The fraction of sp³-hybridized carbons (Fsp3) is 0.562. The molecule has 1 aliphatic carbocycles. The molecule has 0 aromatic heterocycles. The van der Waals surface area contributed by atoms with Crippen LogP contribution in [0, 0.1) is 0 Å². The Kier molecular flexibility index (Phi) is 5.07. The molecule has 0 fully saturated rings. The Bertz CT molecular complexity index is 527. The summed E-state index contributed by atoms with van der Waals surface area (Å²) in [6.45, 7) is 2.60. The number of ketones is 1. The highest BCUT2D eigenvalue weighted by Gasteiger charge is 2.28. The lowest BCUT2D eigenvalue weighted by molar-refractivity contribution is 0.0976. The molecule has 0 radical (unpaired) electrons. The molecule has 116 valence electrons. The predicted molar refractivity (Wildman–Crippen MR) is 80.6 cm³/mol. The minimum atomic E-state index is -0.111. The lowest BCUT2D eigenvalue weighted by Crippen LogP contribution is -2.21. The van der Waals surface area contributed by atoms with Gasteiger partial charge in [-0.15, -0.1) is 0 Å². The van der Waals surface area contributed by atoms with Crippen molar-refractivity contribution >= 4 is 5.78 Å². The summed E-state index contributed by atoms with van der Waals surface area (Å²) < 4.78 is 16.7. The van der Waals surface area contributed by atoms with Gasteiger partial charge in [0, 0.05) is 23.6 Å². The van der Waals surface area contributed by atoms with Gasteiger partial charge in [-0.1, -0.05) is 6.92 Å². The Hall–Kier alpha value is -1.75. The summed E-state index contributed by atoms with van der Waals surface area (Å²) in [5.41, 5.74) is 7.48. The fourth-order valence-electron chi connectivity index (χ4n) is 2.64. The third kappa shape index (κ3) is 3.13. The van der Waals surface area contributed by atoms with Crippen LogP contribution in [0.25, 0.3) is 0 Å². The van der Waals surface area contributed by atoms with E-state index in [2.05, 4.69) is 0 Å². The third-order valence-corrected chi connectivity index (χ3v) is 3.69. The summed E-state index contributed by atoms with van der Waals surface area (Å²) in [6.07, 6.45) is 2.70. The molecular formula is C16H23NO4. The maximum atomic E-state index is 12.3. The molecular weight excluding hydrogens is 270 g/mol. The molecule has 1 atom stereocenters. The molecule has 1 aromatic carbocycles. The molecule has 21 heavy (non-hydrogen) atoms. The van der Waals surface area contributed by atoms with Crippen LogP contribution in [0.2, 0.25) is 0 Å². The van der Waals surface area contributed by atoms with Gasteiger partial charge in [0.2, 0.25) is 5.75 Å². The molecule has 0 bridgehead atoms. The van der Waals surface area contributed by atoms with E-state index in [1.54, 1.807) is 20.3 Å². The van der Waals surface area contributed by atoms with Crippen molar-refractivity contribution in [2.24, 2.45) is 5.73 Å². The second-order valence-corrected chi connectivity index (χ2v) is 5.24. The second-order valence-electron chi connectivity index (χ2n) is 5.24. The van der Waals surface area contributed by atoms with Crippen LogP contribution in [0.15, 0.2) is 6.07 Å². The summed E-state index contributed by atoms with van der Waals surface area (Å²) in [5.74, 6) is 1.74. The maximum absolute atomic E-state index is 12.3. The lowest BCUT2D eigenvalue weighted by Gasteiger charge is -2.19. The van der Waals surface area contributed by atoms with Crippen molar-refractivity contribution < 1.29 is 19.0 Å². The van der Waals surface area contributed by atoms with Gasteiger partial charge in [-0.05, 0) is 25.3 Å². The number of carbonyl (C=O) groups is 1. The largest absolute Gasteiger partial charge is 0.493 e. The SMILES string of the molecule is CCCOc1c(OC)cc2c(c1OC)CCC(N)CC2=O. The van der Waals surface area contributed by atoms with Crippen molar-refractivity contribution in [2.45, 2.75) is 38.6 Å². The summed E-state index contributed by atoms with van der Waals surface area (Å²) >= 11 is 0. The number of hydrogen-bond donors (Lipinski definition) is 1. The summed E-state index contributed by atoms with van der Waals surface area (Å²) in [7, 11) is 3.15. The molecule has 0 amide bonds. The van der Waals surface area contributed by atoms with Crippen LogP contribution in [0.4, 0.5) is 0 Å². The zero-order valence-electron chi connectivity index (χ0n) is 12.9. The van der Waals surface area contributed by atoms with Gasteiger partial charge in [0.15, 0.2) is 17.3 Å². The Morgan fingerprint density at radius 1 is 1.29 bits per heavy atom. The number of Topliss-reactive ketones (excluding diaryl/α,β-unsaturated/α-hetero) is 1. The Morgan fingerprint density at radius 3 is 2.67 bits per heavy atom. The number of benzene rings is 1. The van der Waals surface area contributed by atoms with Gasteiger partial charge in [-0.2, -0.15) is 0 Å². The van der Waals surface area contributed by atoms with E-state index in [9.17, 15) is 4.79 Å². The van der Waals surface area contributed by atoms with Crippen molar-refractivity contribution in [3.05, 3.63) is 17.2 Å². The Labute approximate surface area is 125 Å².